The minimum absolute atomic E-state index is 0.0469. The number of ether oxygens (including phenoxy) is 3. The lowest BCUT2D eigenvalue weighted by atomic mass is 9.99. The summed E-state index contributed by atoms with van der Waals surface area (Å²) in [5.41, 5.74) is 4.86. The second kappa shape index (κ2) is 13.0. The molecule has 37 heavy (non-hydrogen) atoms. The molecule has 2 aliphatic heterocycles. The Morgan fingerprint density at radius 3 is 2.59 bits per heavy atom. The molecule has 14 heteroatoms. The van der Waals surface area contributed by atoms with E-state index < -0.39 is 36.3 Å². The Kier molecular flexibility index (Phi) is 10.0. The first kappa shape index (κ1) is 28.6. The van der Waals surface area contributed by atoms with Crippen molar-refractivity contribution in [2.45, 2.75) is 37.8 Å². The number of hydrogen-bond donors (Lipinski definition) is 2. The monoisotopic (exact) mass is 528 g/mol. The number of hydrogen-bond acceptors (Lipinski definition) is 9. The number of hydrazine groups is 1. The molecule has 0 bridgehead atoms. The van der Waals surface area contributed by atoms with Crippen LogP contribution in [0, 0.1) is 17.2 Å². The number of pyridine rings is 1. The molecule has 0 aliphatic carbocycles. The molecule has 0 spiro atoms. The number of methoxy groups -OCH3 is 1. The molecule has 3 heterocycles. The molecule has 4 atom stereocenters. The zero-order valence-corrected chi connectivity index (χ0v) is 20.7. The normalized spacial score (nSPS) is 22.2. The zero-order valence-electron chi connectivity index (χ0n) is 20.7. The highest BCUT2D eigenvalue weighted by Gasteiger charge is 2.52. The van der Waals surface area contributed by atoms with Gasteiger partial charge in [0.15, 0.2) is 5.92 Å². The average molecular weight is 529 g/mol. The van der Waals surface area contributed by atoms with Gasteiger partial charge in [0, 0.05) is 46.0 Å². The number of nitrogens with zero attached hydrogens (tertiary/aromatic N) is 4. The summed E-state index contributed by atoms with van der Waals surface area (Å²) in [5.74, 6) is -2.89. The van der Waals surface area contributed by atoms with Crippen molar-refractivity contribution in [3.63, 3.8) is 0 Å². The lowest BCUT2D eigenvalue weighted by Gasteiger charge is -2.36. The molecule has 0 saturated carbocycles. The number of piperazine rings is 1. The van der Waals surface area contributed by atoms with Gasteiger partial charge in [-0.15, -0.1) is 0 Å². The fourth-order valence-electron chi connectivity index (χ4n) is 4.18. The van der Waals surface area contributed by atoms with Crippen molar-refractivity contribution < 1.29 is 37.0 Å². The van der Waals surface area contributed by atoms with Crippen LogP contribution in [0.2, 0.25) is 0 Å². The number of amides is 2. The van der Waals surface area contributed by atoms with Crippen molar-refractivity contribution in [3.05, 3.63) is 23.9 Å². The van der Waals surface area contributed by atoms with Crippen LogP contribution in [0.15, 0.2) is 18.3 Å². The molecule has 3 rings (SSSR count). The molecule has 2 fully saturated rings. The molecule has 2 unspecified atom stereocenters. The van der Waals surface area contributed by atoms with Gasteiger partial charge in [-0.25, -0.2) is 10.4 Å². The first-order chi connectivity index (χ1) is 17.6. The summed E-state index contributed by atoms with van der Waals surface area (Å²) in [6.07, 6.45) is -6.00. The predicted octanol–water partition coefficient (Wildman–Crippen LogP) is 0.610. The molecule has 0 aromatic carbocycles. The van der Waals surface area contributed by atoms with Gasteiger partial charge in [0.1, 0.15) is 18.0 Å². The van der Waals surface area contributed by atoms with Crippen LogP contribution in [0.3, 0.4) is 0 Å². The number of alkyl halides is 3. The van der Waals surface area contributed by atoms with E-state index in [-0.39, 0.29) is 32.1 Å². The summed E-state index contributed by atoms with van der Waals surface area (Å²) in [6.45, 7) is 3.50. The van der Waals surface area contributed by atoms with Crippen molar-refractivity contribution in [2.75, 3.05) is 57.9 Å². The fourth-order valence-corrected chi connectivity index (χ4v) is 4.18. The third-order valence-electron chi connectivity index (χ3n) is 6.10. The van der Waals surface area contributed by atoms with E-state index in [9.17, 15) is 22.8 Å². The molecule has 2 amide bonds. The van der Waals surface area contributed by atoms with Crippen LogP contribution in [0.25, 0.3) is 0 Å². The number of anilines is 1. The number of carbonyl (C=O) groups excluding carboxylic acids is 2. The summed E-state index contributed by atoms with van der Waals surface area (Å²) in [6, 6.07) is 5.50. The Morgan fingerprint density at radius 1 is 1.27 bits per heavy atom. The first-order valence-electron chi connectivity index (χ1n) is 11.9. The minimum Gasteiger partial charge on any atom is -0.382 e. The Balaban J connectivity index is 1.45. The zero-order chi connectivity index (χ0) is 27.0. The summed E-state index contributed by atoms with van der Waals surface area (Å²) in [7, 11) is 1.38. The van der Waals surface area contributed by atoms with Crippen molar-refractivity contribution in [2.24, 2.45) is 5.92 Å². The Morgan fingerprint density at radius 2 is 2.00 bits per heavy atom. The third kappa shape index (κ3) is 8.00. The Hall–Kier alpha value is -2.99. The summed E-state index contributed by atoms with van der Waals surface area (Å²) in [5, 5.41) is 8.90. The molecule has 1 aromatic rings. The van der Waals surface area contributed by atoms with Crippen LogP contribution in [0.1, 0.15) is 18.9 Å². The molecule has 0 radical (unpaired) electrons. The van der Waals surface area contributed by atoms with Crippen molar-refractivity contribution in [1.82, 2.24) is 20.7 Å². The maximum Gasteiger partial charge on any atom is 0.403 e. The number of carbonyl (C=O) groups is 2. The van der Waals surface area contributed by atoms with Crippen LogP contribution in [0.4, 0.5) is 19.0 Å². The van der Waals surface area contributed by atoms with Gasteiger partial charge in [0.2, 0.25) is 11.8 Å². The van der Waals surface area contributed by atoms with E-state index in [0.29, 0.717) is 31.7 Å². The maximum absolute atomic E-state index is 13.4. The standard InChI is InChI=1S/C23H31F3N6O5/c1-15(9-20(33)32-7-5-31(6-8-32)19-4-3-16(10-27)11-28-19)36-14-17(13-35-2)37-18-12-29-30-22(34)21(18)23(24,25)26/h3-4,11,15,17-18,21,29H,5-9,12-14H2,1-2H3,(H,30,34)/t15-,17+,18?,21?/m1/s1. The van der Waals surface area contributed by atoms with Gasteiger partial charge >= 0.3 is 6.18 Å². The Labute approximate surface area is 212 Å². The number of halogens is 3. The van der Waals surface area contributed by atoms with E-state index in [1.807, 2.05) is 16.4 Å². The van der Waals surface area contributed by atoms with Gasteiger partial charge in [-0.1, -0.05) is 0 Å². The quantitative estimate of drug-likeness (QED) is 0.449. The minimum atomic E-state index is -4.77. The van der Waals surface area contributed by atoms with Crippen LogP contribution in [-0.4, -0.2) is 99.2 Å². The van der Waals surface area contributed by atoms with Crippen LogP contribution in [0.5, 0.6) is 0 Å². The van der Waals surface area contributed by atoms with Crippen LogP contribution in [-0.2, 0) is 23.8 Å². The Bertz CT molecular complexity index is 950. The number of nitrogens with one attached hydrogen (secondary N) is 2. The van der Waals surface area contributed by atoms with Gasteiger partial charge in [0.25, 0.3) is 0 Å². The van der Waals surface area contributed by atoms with Gasteiger partial charge < -0.3 is 24.0 Å². The molecule has 2 aliphatic rings. The number of nitriles is 1. The van der Waals surface area contributed by atoms with Crippen LogP contribution < -0.4 is 15.8 Å². The smallest absolute Gasteiger partial charge is 0.382 e. The van der Waals surface area contributed by atoms with E-state index in [0.717, 1.165) is 5.82 Å². The molecule has 1 aromatic heterocycles. The summed E-state index contributed by atoms with van der Waals surface area (Å²) >= 11 is 0. The lowest BCUT2D eigenvalue weighted by Crippen LogP contribution is -2.61. The molecule has 2 saturated heterocycles. The van der Waals surface area contributed by atoms with Crippen molar-refractivity contribution in [3.8, 4) is 6.07 Å². The largest absolute Gasteiger partial charge is 0.403 e. The molecular weight excluding hydrogens is 497 g/mol. The van der Waals surface area contributed by atoms with E-state index in [2.05, 4.69) is 10.4 Å². The van der Waals surface area contributed by atoms with Gasteiger partial charge in [-0.2, -0.15) is 18.4 Å². The van der Waals surface area contributed by atoms with Crippen LogP contribution >= 0.6 is 0 Å². The molecule has 204 valence electrons. The molecular formula is C23H31F3N6O5. The predicted molar refractivity (Wildman–Crippen MR) is 124 cm³/mol. The van der Waals surface area contributed by atoms with Gasteiger partial charge in [0.05, 0.1) is 37.4 Å². The number of aromatic nitrogens is 1. The second-order valence-corrected chi connectivity index (χ2v) is 8.87. The fraction of sp³-hybridized carbons (Fsp3) is 0.652. The maximum atomic E-state index is 13.4. The SMILES string of the molecule is COC[C@@H](CO[C@H](C)CC(=O)N1CCN(c2ccc(C#N)cn2)CC1)OC1CNNC(=O)C1C(F)(F)F. The molecule has 11 nitrogen and oxygen atoms in total. The highest BCUT2D eigenvalue weighted by Crippen LogP contribution is 2.32. The topological polar surface area (TPSA) is 129 Å². The third-order valence-corrected chi connectivity index (χ3v) is 6.10. The van der Waals surface area contributed by atoms with Crippen molar-refractivity contribution >= 4 is 17.6 Å². The average Bonchev–Trinajstić information content (AvgIpc) is 2.87. The van der Waals surface area contributed by atoms with E-state index >= 15 is 0 Å². The van der Waals surface area contributed by atoms with E-state index in [1.54, 1.807) is 24.0 Å². The first-order valence-corrected chi connectivity index (χ1v) is 11.9. The molecule has 2 N–H and O–H groups in total. The van der Waals surface area contributed by atoms with E-state index in [4.69, 9.17) is 19.5 Å². The van der Waals surface area contributed by atoms with Gasteiger partial charge in [-0.05, 0) is 19.1 Å². The number of rotatable bonds is 10. The van der Waals surface area contributed by atoms with Crippen molar-refractivity contribution in [1.29, 1.82) is 5.26 Å². The second-order valence-electron chi connectivity index (χ2n) is 8.87. The highest BCUT2D eigenvalue weighted by molar-refractivity contribution is 5.80. The van der Waals surface area contributed by atoms with Gasteiger partial charge in [-0.3, -0.25) is 15.0 Å². The summed E-state index contributed by atoms with van der Waals surface area (Å²) < 4.78 is 56.5. The van der Waals surface area contributed by atoms with E-state index in [1.165, 1.54) is 13.3 Å². The summed E-state index contributed by atoms with van der Waals surface area (Å²) in [4.78, 5) is 32.6. The lowest BCUT2D eigenvalue weighted by molar-refractivity contribution is -0.223. The highest BCUT2D eigenvalue weighted by atomic mass is 19.4.